The number of likely N-dealkylation sites (N-methyl/N-ethyl adjacent to an activating group) is 1. The quantitative estimate of drug-likeness (QED) is 0.528. The maximum atomic E-state index is 12.6. The van der Waals surface area contributed by atoms with E-state index in [0.717, 1.165) is 25.2 Å². The fraction of sp³-hybridized carbons (Fsp3) is 0.250. The Labute approximate surface area is 196 Å². The molecule has 2 amide bonds. The van der Waals surface area contributed by atoms with Gasteiger partial charge in [-0.1, -0.05) is 23.2 Å². The van der Waals surface area contributed by atoms with E-state index >= 15 is 0 Å². The molecule has 0 bridgehead atoms. The Morgan fingerprint density at radius 1 is 1.09 bits per heavy atom. The van der Waals surface area contributed by atoms with E-state index in [4.69, 9.17) is 27.6 Å². The lowest BCUT2D eigenvalue weighted by molar-refractivity contribution is -0.129. The molecule has 1 fully saturated rings. The van der Waals surface area contributed by atoms with Crippen LogP contribution < -0.4 is 10.2 Å². The highest BCUT2D eigenvalue weighted by Crippen LogP contribution is 2.32. The van der Waals surface area contributed by atoms with Gasteiger partial charge in [-0.2, -0.15) is 0 Å². The minimum atomic E-state index is -0.349. The summed E-state index contributed by atoms with van der Waals surface area (Å²) in [5.74, 6) is 0.406. The highest BCUT2D eigenvalue weighted by atomic mass is 35.5. The molecule has 1 saturated heterocycles. The van der Waals surface area contributed by atoms with Crippen LogP contribution in [0.4, 0.5) is 11.4 Å². The average molecular weight is 472 g/mol. The molecule has 1 unspecified atom stereocenters. The second kappa shape index (κ2) is 9.27. The van der Waals surface area contributed by atoms with Crippen LogP contribution in [0.3, 0.4) is 0 Å². The molecule has 2 aromatic carbocycles. The van der Waals surface area contributed by atoms with Gasteiger partial charge < -0.3 is 19.5 Å². The van der Waals surface area contributed by atoms with Crippen LogP contribution in [0.5, 0.6) is 0 Å². The summed E-state index contributed by atoms with van der Waals surface area (Å²) >= 11 is 12.2. The summed E-state index contributed by atoms with van der Waals surface area (Å²) in [7, 11) is 1.84. The zero-order valence-electron chi connectivity index (χ0n) is 17.8. The Hall–Kier alpha value is -2.96. The van der Waals surface area contributed by atoms with Gasteiger partial charge >= 0.3 is 0 Å². The standard InChI is InChI=1S/C24H23Cl2N3O3/c1-15(30)28(2)19-11-12-29(14-19)18-6-4-17(5-7-18)27-24(31)23-10-9-22(32-23)20-8-3-16(25)13-21(20)26/h3-10,13,19H,11-12,14H2,1-2H3,(H,27,31). The number of benzene rings is 2. The Kier molecular flexibility index (Phi) is 6.44. The number of amides is 2. The lowest BCUT2D eigenvalue weighted by Gasteiger charge is -2.24. The number of hydrogen-bond acceptors (Lipinski definition) is 4. The van der Waals surface area contributed by atoms with Crippen LogP contribution in [0, 0.1) is 0 Å². The second-order valence-electron chi connectivity index (χ2n) is 7.81. The normalized spacial score (nSPS) is 15.6. The van der Waals surface area contributed by atoms with E-state index in [1.54, 1.807) is 42.2 Å². The van der Waals surface area contributed by atoms with Crippen molar-refractivity contribution in [3.8, 4) is 11.3 Å². The molecule has 4 rings (SSSR count). The maximum absolute atomic E-state index is 12.6. The third-order valence-electron chi connectivity index (χ3n) is 5.72. The average Bonchev–Trinajstić information content (AvgIpc) is 3.44. The minimum absolute atomic E-state index is 0.0781. The highest BCUT2D eigenvalue weighted by molar-refractivity contribution is 6.36. The summed E-state index contributed by atoms with van der Waals surface area (Å²) in [4.78, 5) is 28.2. The molecule has 32 heavy (non-hydrogen) atoms. The van der Waals surface area contributed by atoms with Gasteiger partial charge in [0, 0.05) is 49.0 Å². The molecular weight excluding hydrogens is 449 g/mol. The number of carbonyl (C=O) groups is 2. The van der Waals surface area contributed by atoms with Gasteiger partial charge in [0.15, 0.2) is 5.76 Å². The molecule has 1 aliphatic rings. The van der Waals surface area contributed by atoms with Crippen molar-refractivity contribution in [1.29, 1.82) is 0 Å². The molecule has 8 heteroatoms. The molecule has 1 aliphatic heterocycles. The molecule has 3 aromatic rings. The molecule has 0 saturated carbocycles. The van der Waals surface area contributed by atoms with Gasteiger partial charge in [-0.05, 0) is 61.0 Å². The van der Waals surface area contributed by atoms with E-state index in [-0.39, 0.29) is 23.6 Å². The number of carbonyl (C=O) groups excluding carboxylic acids is 2. The zero-order valence-corrected chi connectivity index (χ0v) is 19.3. The van der Waals surface area contributed by atoms with Crippen LogP contribution in [0.15, 0.2) is 59.0 Å². The van der Waals surface area contributed by atoms with Crippen molar-refractivity contribution in [3.05, 3.63) is 70.4 Å². The Bertz CT molecular complexity index is 1140. The van der Waals surface area contributed by atoms with Crippen molar-refractivity contribution in [2.75, 3.05) is 30.4 Å². The van der Waals surface area contributed by atoms with Crippen molar-refractivity contribution >= 4 is 46.4 Å². The SMILES string of the molecule is CC(=O)N(C)C1CCN(c2ccc(NC(=O)c3ccc(-c4ccc(Cl)cc4Cl)o3)cc2)C1. The van der Waals surface area contributed by atoms with E-state index in [0.29, 0.717) is 27.1 Å². The third kappa shape index (κ3) is 4.76. The molecule has 1 aromatic heterocycles. The summed E-state index contributed by atoms with van der Waals surface area (Å²) in [6.07, 6.45) is 0.938. The molecule has 0 radical (unpaired) electrons. The van der Waals surface area contributed by atoms with E-state index in [1.165, 1.54) is 0 Å². The first kappa shape index (κ1) is 22.2. The monoisotopic (exact) mass is 471 g/mol. The number of anilines is 2. The van der Waals surface area contributed by atoms with Gasteiger partial charge in [0.2, 0.25) is 5.91 Å². The van der Waals surface area contributed by atoms with Crippen LogP contribution in [0.25, 0.3) is 11.3 Å². The molecular formula is C24H23Cl2N3O3. The van der Waals surface area contributed by atoms with Gasteiger partial charge in [-0.15, -0.1) is 0 Å². The summed E-state index contributed by atoms with van der Waals surface area (Å²) in [5.41, 5.74) is 2.39. The summed E-state index contributed by atoms with van der Waals surface area (Å²) < 4.78 is 5.70. The van der Waals surface area contributed by atoms with Crippen LogP contribution in [-0.4, -0.2) is 42.9 Å². The van der Waals surface area contributed by atoms with Crippen molar-refractivity contribution in [1.82, 2.24) is 4.90 Å². The van der Waals surface area contributed by atoms with E-state index in [9.17, 15) is 9.59 Å². The topological polar surface area (TPSA) is 65.8 Å². The maximum Gasteiger partial charge on any atom is 0.291 e. The Morgan fingerprint density at radius 3 is 2.53 bits per heavy atom. The van der Waals surface area contributed by atoms with Gasteiger partial charge in [0.1, 0.15) is 5.76 Å². The first-order valence-electron chi connectivity index (χ1n) is 10.3. The van der Waals surface area contributed by atoms with Crippen LogP contribution in [-0.2, 0) is 4.79 Å². The number of rotatable bonds is 5. The molecule has 0 aliphatic carbocycles. The van der Waals surface area contributed by atoms with E-state index < -0.39 is 0 Å². The van der Waals surface area contributed by atoms with Crippen molar-refractivity contribution in [2.45, 2.75) is 19.4 Å². The fourth-order valence-electron chi connectivity index (χ4n) is 3.79. The molecule has 0 spiro atoms. The van der Waals surface area contributed by atoms with Gasteiger partial charge in [0.25, 0.3) is 5.91 Å². The van der Waals surface area contributed by atoms with Crippen LogP contribution in [0.2, 0.25) is 10.0 Å². The van der Waals surface area contributed by atoms with E-state index in [2.05, 4.69) is 10.2 Å². The molecule has 166 valence electrons. The number of furan rings is 1. The fourth-order valence-corrected chi connectivity index (χ4v) is 4.29. The highest BCUT2D eigenvalue weighted by Gasteiger charge is 2.27. The van der Waals surface area contributed by atoms with Crippen LogP contribution >= 0.6 is 23.2 Å². The molecule has 1 N–H and O–H groups in total. The van der Waals surface area contributed by atoms with Crippen LogP contribution in [0.1, 0.15) is 23.9 Å². The Morgan fingerprint density at radius 2 is 1.84 bits per heavy atom. The van der Waals surface area contributed by atoms with Gasteiger partial charge in [-0.3, -0.25) is 9.59 Å². The third-order valence-corrected chi connectivity index (χ3v) is 6.27. The summed E-state index contributed by atoms with van der Waals surface area (Å²) in [5, 5.41) is 3.83. The smallest absolute Gasteiger partial charge is 0.291 e. The molecule has 6 nitrogen and oxygen atoms in total. The summed E-state index contributed by atoms with van der Waals surface area (Å²) in [6, 6.07) is 16.3. The van der Waals surface area contributed by atoms with Crippen molar-refractivity contribution in [2.24, 2.45) is 0 Å². The van der Waals surface area contributed by atoms with Crippen molar-refractivity contribution in [3.63, 3.8) is 0 Å². The largest absolute Gasteiger partial charge is 0.451 e. The number of nitrogens with zero attached hydrogens (tertiary/aromatic N) is 2. The first-order valence-corrected chi connectivity index (χ1v) is 11.0. The lowest BCUT2D eigenvalue weighted by atomic mass is 10.2. The lowest BCUT2D eigenvalue weighted by Crippen LogP contribution is -2.37. The number of nitrogens with one attached hydrogen (secondary N) is 1. The number of halogens is 2. The zero-order chi connectivity index (χ0) is 22.8. The van der Waals surface area contributed by atoms with Crippen molar-refractivity contribution < 1.29 is 14.0 Å². The predicted molar refractivity (Wildman–Crippen MR) is 128 cm³/mol. The van der Waals surface area contributed by atoms with Gasteiger partial charge in [0.05, 0.1) is 11.1 Å². The minimum Gasteiger partial charge on any atom is -0.451 e. The second-order valence-corrected chi connectivity index (χ2v) is 8.65. The van der Waals surface area contributed by atoms with E-state index in [1.807, 2.05) is 31.3 Å². The number of hydrogen-bond donors (Lipinski definition) is 1. The predicted octanol–water partition coefficient (Wildman–Crippen LogP) is 5.56. The Balaban J connectivity index is 1.39. The first-order chi connectivity index (χ1) is 15.3. The molecule has 1 atom stereocenters. The summed E-state index contributed by atoms with van der Waals surface area (Å²) in [6.45, 7) is 3.27. The van der Waals surface area contributed by atoms with Gasteiger partial charge in [-0.25, -0.2) is 0 Å². The molecule has 2 heterocycles.